The van der Waals surface area contributed by atoms with Gasteiger partial charge in [-0.2, -0.15) is 0 Å². The van der Waals surface area contributed by atoms with Gasteiger partial charge in [0.05, 0.1) is 34.4 Å². The van der Waals surface area contributed by atoms with Crippen LogP contribution in [0.4, 0.5) is 0 Å². The first kappa shape index (κ1) is 21.7. The molecule has 2 aromatic carbocycles. The Hall–Kier alpha value is -2.04. The van der Waals surface area contributed by atoms with Gasteiger partial charge in [-0.25, -0.2) is 0 Å². The highest BCUT2D eigenvalue weighted by Gasteiger charge is 2.41. The standard InChI is InChI=1S/C24H30NO3.ClH/c1-25(16-17-7-5-4-6-8-17)11-9-18(10-12-25)20-13-19-14-22(27-2)23(28-3)15-21(19)24(20)26;/h4-8,14-15,18,20H,9-13,16H2,1-3H3;1H/q+1;. The largest absolute Gasteiger partial charge is 0.493 e. The van der Waals surface area contributed by atoms with Crippen LogP contribution in [-0.2, 0) is 13.0 Å². The van der Waals surface area contributed by atoms with Crippen LogP contribution in [0.5, 0.6) is 11.5 Å². The molecule has 0 spiro atoms. The number of rotatable bonds is 5. The Morgan fingerprint density at radius 2 is 1.62 bits per heavy atom. The number of benzene rings is 2. The van der Waals surface area contributed by atoms with E-state index in [0.29, 0.717) is 23.2 Å². The van der Waals surface area contributed by atoms with E-state index in [2.05, 4.69) is 37.4 Å². The van der Waals surface area contributed by atoms with Crippen molar-refractivity contribution in [2.45, 2.75) is 25.8 Å². The summed E-state index contributed by atoms with van der Waals surface area (Å²) < 4.78 is 11.9. The number of likely N-dealkylation sites (tertiary alicyclic amines) is 1. The number of carbonyl (C=O) groups is 1. The average Bonchev–Trinajstić information content (AvgIpc) is 3.03. The molecule has 0 bridgehead atoms. The van der Waals surface area contributed by atoms with E-state index in [1.54, 1.807) is 14.2 Å². The summed E-state index contributed by atoms with van der Waals surface area (Å²) in [6.07, 6.45) is 3.06. The fourth-order valence-corrected chi connectivity index (χ4v) is 5.03. The minimum atomic E-state index is 0. The molecule has 1 atom stereocenters. The number of Topliss-reactive ketones (excluding diaryl/α,β-unsaturated/α-hetero) is 1. The maximum atomic E-state index is 13.1. The number of methoxy groups -OCH3 is 2. The normalized spacial score (nSPS) is 25.8. The Bertz CT molecular complexity index is 860. The van der Waals surface area contributed by atoms with Crippen molar-refractivity contribution in [1.82, 2.24) is 0 Å². The molecule has 29 heavy (non-hydrogen) atoms. The Balaban J connectivity index is 0.00000240. The third-order valence-corrected chi connectivity index (χ3v) is 6.71. The van der Waals surface area contributed by atoms with Crippen molar-refractivity contribution in [1.29, 1.82) is 0 Å². The minimum Gasteiger partial charge on any atom is -0.493 e. The quantitative estimate of drug-likeness (QED) is 0.671. The van der Waals surface area contributed by atoms with E-state index in [-0.39, 0.29) is 18.3 Å². The van der Waals surface area contributed by atoms with Crippen LogP contribution < -0.4 is 9.47 Å². The van der Waals surface area contributed by atoms with Crippen molar-refractivity contribution in [3.63, 3.8) is 0 Å². The molecule has 1 aliphatic heterocycles. The van der Waals surface area contributed by atoms with E-state index in [9.17, 15) is 4.79 Å². The second-order valence-corrected chi connectivity index (χ2v) is 8.59. The zero-order chi connectivity index (χ0) is 19.7. The lowest BCUT2D eigenvalue weighted by atomic mass is 9.81. The van der Waals surface area contributed by atoms with Gasteiger partial charge in [0.15, 0.2) is 17.3 Å². The molecule has 4 rings (SSSR count). The summed E-state index contributed by atoms with van der Waals surface area (Å²) in [4.78, 5) is 13.1. The molecule has 1 saturated heterocycles. The van der Waals surface area contributed by atoms with Gasteiger partial charge in [-0.05, 0) is 30.0 Å². The molecule has 0 N–H and O–H groups in total. The number of ether oxygens (including phenoxy) is 2. The number of carbonyl (C=O) groups excluding carboxylic acids is 1. The predicted octanol–water partition coefficient (Wildman–Crippen LogP) is 4.54. The van der Waals surface area contributed by atoms with Crippen molar-refractivity contribution in [2.75, 3.05) is 34.4 Å². The van der Waals surface area contributed by atoms with Crippen molar-refractivity contribution in [3.8, 4) is 11.5 Å². The number of ketones is 1. The number of quaternary nitrogens is 1. The first-order valence-corrected chi connectivity index (χ1v) is 10.2. The lowest BCUT2D eigenvalue weighted by Crippen LogP contribution is -2.50. The zero-order valence-corrected chi connectivity index (χ0v) is 18.3. The van der Waals surface area contributed by atoms with Gasteiger partial charge in [0.2, 0.25) is 0 Å². The molecule has 2 aromatic rings. The van der Waals surface area contributed by atoms with Gasteiger partial charge in [-0.3, -0.25) is 4.79 Å². The number of piperidine rings is 1. The van der Waals surface area contributed by atoms with Crippen molar-refractivity contribution in [2.24, 2.45) is 11.8 Å². The van der Waals surface area contributed by atoms with Crippen molar-refractivity contribution < 1.29 is 18.8 Å². The molecular weight excluding hydrogens is 386 g/mol. The van der Waals surface area contributed by atoms with Crippen LogP contribution in [0.1, 0.15) is 34.3 Å². The maximum Gasteiger partial charge on any atom is 0.166 e. The summed E-state index contributed by atoms with van der Waals surface area (Å²) in [5.41, 5.74) is 3.33. The highest BCUT2D eigenvalue weighted by Crippen LogP contribution is 2.41. The average molecular weight is 417 g/mol. The smallest absolute Gasteiger partial charge is 0.166 e. The fourth-order valence-electron chi connectivity index (χ4n) is 5.03. The fraction of sp³-hybridized carbons (Fsp3) is 0.458. The van der Waals surface area contributed by atoms with Crippen molar-refractivity contribution >= 4 is 18.2 Å². The van der Waals surface area contributed by atoms with Crippen LogP contribution in [0.25, 0.3) is 0 Å². The molecule has 0 saturated carbocycles. The summed E-state index contributed by atoms with van der Waals surface area (Å²) in [5, 5.41) is 0. The zero-order valence-electron chi connectivity index (χ0n) is 17.5. The SMILES string of the molecule is COc1cc2c(cc1OC)C(=O)C(C1CC[N+](C)(Cc3ccccc3)CC1)C2.Cl. The Morgan fingerprint density at radius 1 is 1.00 bits per heavy atom. The Morgan fingerprint density at radius 3 is 2.24 bits per heavy atom. The first-order chi connectivity index (χ1) is 13.5. The number of hydrogen-bond donors (Lipinski definition) is 0. The molecule has 156 valence electrons. The molecule has 4 nitrogen and oxygen atoms in total. The summed E-state index contributed by atoms with van der Waals surface area (Å²) in [6.45, 7) is 3.33. The molecular formula is C24H31ClNO3+. The van der Waals surface area contributed by atoms with Gasteiger partial charge in [-0.1, -0.05) is 30.3 Å². The third kappa shape index (κ3) is 4.29. The Labute approximate surface area is 179 Å². The van der Waals surface area contributed by atoms with Gasteiger partial charge < -0.3 is 14.0 Å². The number of fused-ring (bicyclic) bond motifs is 1. The van der Waals surface area contributed by atoms with E-state index in [1.165, 1.54) is 5.56 Å². The van der Waals surface area contributed by atoms with Crippen LogP contribution in [0, 0.1) is 11.8 Å². The molecule has 0 amide bonds. The highest BCUT2D eigenvalue weighted by molar-refractivity contribution is 6.03. The van der Waals surface area contributed by atoms with Gasteiger partial charge in [-0.15, -0.1) is 12.4 Å². The van der Waals surface area contributed by atoms with Gasteiger partial charge in [0.25, 0.3) is 0 Å². The molecule has 1 unspecified atom stereocenters. The van der Waals surface area contributed by atoms with Crippen LogP contribution in [0.3, 0.4) is 0 Å². The van der Waals surface area contributed by atoms with E-state index in [1.807, 2.05) is 12.1 Å². The second-order valence-electron chi connectivity index (χ2n) is 8.59. The van der Waals surface area contributed by atoms with E-state index >= 15 is 0 Å². The topological polar surface area (TPSA) is 35.5 Å². The van der Waals surface area contributed by atoms with Crippen LogP contribution in [-0.4, -0.2) is 44.6 Å². The number of hydrogen-bond acceptors (Lipinski definition) is 3. The Kier molecular flexibility index (Phi) is 6.55. The maximum absolute atomic E-state index is 13.1. The van der Waals surface area contributed by atoms with Gasteiger partial charge >= 0.3 is 0 Å². The van der Waals surface area contributed by atoms with Crippen LogP contribution >= 0.6 is 12.4 Å². The molecule has 0 aromatic heterocycles. The summed E-state index contributed by atoms with van der Waals surface area (Å²) in [5.74, 6) is 2.23. The monoisotopic (exact) mass is 416 g/mol. The van der Waals surface area contributed by atoms with E-state index < -0.39 is 0 Å². The molecule has 0 radical (unpaired) electrons. The van der Waals surface area contributed by atoms with Crippen molar-refractivity contribution in [3.05, 3.63) is 59.2 Å². The molecule has 2 aliphatic rings. The molecule has 1 aliphatic carbocycles. The highest BCUT2D eigenvalue weighted by atomic mass is 35.5. The summed E-state index contributed by atoms with van der Waals surface area (Å²) in [7, 11) is 5.61. The lowest BCUT2D eigenvalue weighted by molar-refractivity contribution is -0.928. The first-order valence-electron chi connectivity index (χ1n) is 10.2. The van der Waals surface area contributed by atoms with Gasteiger partial charge in [0.1, 0.15) is 6.54 Å². The third-order valence-electron chi connectivity index (χ3n) is 6.71. The number of nitrogens with zero attached hydrogens (tertiary/aromatic N) is 1. The molecule has 1 heterocycles. The predicted molar refractivity (Wildman–Crippen MR) is 117 cm³/mol. The summed E-state index contributed by atoms with van der Waals surface area (Å²) >= 11 is 0. The van der Waals surface area contributed by atoms with E-state index in [4.69, 9.17) is 9.47 Å². The number of halogens is 1. The van der Waals surface area contributed by atoms with Crippen LogP contribution in [0.15, 0.2) is 42.5 Å². The summed E-state index contributed by atoms with van der Waals surface area (Å²) in [6, 6.07) is 14.6. The van der Waals surface area contributed by atoms with E-state index in [0.717, 1.165) is 54.5 Å². The molecule has 1 fully saturated rings. The second kappa shape index (κ2) is 8.76. The minimum absolute atomic E-state index is 0. The van der Waals surface area contributed by atoms with Gasteiger partial charge in [0, 0.05) is 29.9 Å². The molecule has 5 heteroatoms. The lowest BCUT2D eigenvalue weighted by Gasteiger charge is -2.42. The van der Waals surface area contributed by atoms with Crippen LogP contribution in [0.2, 0.25) is 0 Å².